The van der Waals surface area contributed by atoms with Gasteiger partial charge in [0.15, 0.2) is 0 Å². The molecule has 4 heteroatoms. The van der Waals surface area contributed by atoms with Crippen LogP contribution in [0.1, 0.15) is 10.4 Å². The van der Waals surface area contributed by atoms with Crippen LogP contribution in [0.3, 0.4) is 0 Å². The number of benzene rings is 1. The van der Waals surface area contributed by atoms with Gasteiger partial charge in [0.05, 0.1) is 7.11 Å². The largest absolute Gasteiger partial charge is 0.497 e. The van der Waals surface area contributed by atoms with E-state index in [-0.39, 0.29) is 0 Å². The molecule has 0 radical (unpaired) electrons. The summed E-state index contributed by atoms with van der Waals surface area (Å²) in [4.78, 5) is 11.6. The Kier molecular flexibility index (Phi) is 4.74. The minimum absolute atomic E-state index is 0.792. The first kappa shape index (κ1) is 14.1. The van der Waals surface area contributed by atoms with Crippen molar-refractivity contribution in [3.05, 3.63) is 70.4 Å². The van der Waals surface area contributed by atoms with Gasteiger partial charge in [-0.15, -0.1) is 11.3 Å². The van der Waals surface area contributed by atoms with Gasteiger partial charge in [0.1, 0.15) is 5.75 Å². The molecule has 0 spiro atoms. The molecule has 20 heavy (non-hydrogen) atoms. The average molecular weight is 286 g/mol. The number of hydrogen-bond acceptors (Lipinski definition) is 3. The Morgan fingerprint density at radius 3 is 2.55 bits per heavy atom. The minimum atomic E-state index is -0.957. The summed E-state index contributed by atoms with van der Waals surface area (Å²) in [6.45, 7) is 0. The lowest BCUT2D eigenvalue weighted by molar-refractivity contribution is -0.131. The molecule has 0 aliphatic carbocycles. The molecule has 0 aliphatic heterocycles. The molecule has 0 saturated carbocycles. The Labute approximate surface area is 121 Å². The number of hydrogen-bond donors (Lipinski definition) is 1. The standard InChI is InChI=1S/C16H14O3S/c1-19-13-9-7-12(8-10-13)14(4-2-6-16(17)18)15-5-3-11-20-15/h2-11H,1H3,(H,17,18)/b6-2+,14-4-. The topological polar surface area (TPSA) is 46.5 Å². The van der Waals surface area contributed by atoms with Crippen molar-refractivity contribution in [2.75, 3.05) is 7.11 Å². The Morgan fingerprint density at radius 2 is 2.00 bits per heavy atom. The summed E-state index contributed by atoms with van der Waals surface area (Å²) in [5.41, 5.74) is 2.00. The number of carbonyl (C=O) groups is 1. The van der Waals surface area contributed by atoms with Gasteiger partial charge in [-0.05, 0) is 34.7 Å². The fraction of sp³-hybridized carbons (Fsp3) is 0.0625. The highest BCUT2D eigenvalue weighted by Crippen LogP contribution is 2.28. The van der Waals surface area contributed by atoms with E-state index in [0.717, 1.165) is 27.8 Å². The molecule has 1 aromatic carbocycles. The van der Waals surface area contributed by atoms with Gasteiger partial charge in [0.2, 0.25) is 0 Å². The maximum absolute atomic E-state index is 10.6. The normalized spacial score (nSPS) is 11.8. The molecular formula is C16H14O3S. The lowest BCUT2D eigenvalue weighted by atomic mass is 10.0. The summed E-state index contributed by atoms with van der Waals surface area (Å²) in [7, 11) is 1.63. The highest BCUT2D eigenvalue weighted by atomic mass is 32.1. The van der Waals surface area contributed by atoms with Crippen LogP contribution in [0.2, 0.25) is 0 Å². The predicted molar refractivity (Wildman–Crippen MR) is 81.2 cm³/mol. The van der Waals surface area contributed by atoms with Gasteiger partial charge in [-0.2, -0.15) is 0 Å². The first-order valence-electron chi connectivity index (χ1n) is 6.00. The van der Waals surface area contributed by atoms with Crippen molar-refractivity contribution in [2.45, 2.75) is 0 Å². The van der Waals surface area contributed by atoms with E-state index in [1.165, 1.54) is 0 Å². The highest BCUT2D eigenvalue weighted by Gasteiger charge is 2.05. The summed E-state index contributed by atoms with van der Waals surface area (Å²) < 4.78 is 5.14. The molecule has 2 aromatic rings. The highest BCUT2D eigenvalue weighted by molar-refractivity contribution is 7.11. The van der Waals surface area contributed by atoms with E-state index in [0.29, 0.717) is 0 Å². The Hall–Kier alpha value is -2.33. The second-order valence-corrected chi connectivity index (χ2v) is 4.93. The Balaban J connectivity index is 2.38. The molecular weight excluding hydrogens is 272 g/mol. The van der Waals surface area contributed by atoms with Gasteiger partial charge < -0.3 is 9.84 Å². The van der Waals surface area contributed by atoms with Gasteiger partial charge in [0, 0.05) is 11.0 Å². The monoisotopic (exact) mass is 286 g/mol. The SMILES string of the molecule is COc1ccc(/C(=C/C=C/C(=O)O)c2cccs2)cc1. The Morgan fingerprint density at radius 1 is 1.25 bits per heavy atom. The molecule has 0 aliphatic rings. The molecule has 2 rings (SSSR count). The van der Waals surface area contributed by atoms with Crippen molar-refractivity contribution in [1.82, 2.24) is 0 Å². The molecule has 1 aromatic heterocycles. The maximum Gasteiger partial charge on any atom is 0.328 e. The van der Waals surface area contributed by atoms with Crippen LogP contribution in [0.5, 0.6) is 5.75 Å². The van der Waals surface area contributed by atoms with Crippen molar-refractivity contribution < 1.29 is 14.6 Å². The third-order valence-corrected chi connectivity index (χ3v) is 3.59. The third kappa shape index (κ3) is 3.59. The molecule has 0 saturated heterocycles. The fourth-order valence-electron chi connectivity index (χ4n) is 1.75. The van der Waals surface area contributed by atoms with E-state index in [1.807, 2.05) is 47.9 Å². The van der Waals surface area contributed by atoms with Crippen molar-refractivity contribution in [3.63, 3.8) is 0 Å². The van der Waals surface area contributed by atoms with E-state index in [2.05, 4.69) is 0 Å². The van der Waals surface area contributed by atoms with Crippen molar-refractivity contribution in [3.8, 4) is 5.75 Å². The van der Waals surface area contributed by atoms with Crippen molar-refractivity contribution in [2.24, 2.45) is 0 Å². The van der Waals surface area contributed by atoms with E-state index in [4.69, 9.17) is 9.84 Å². The number of rotatable bonds is 5. The van der Waals surface area contributed by atoms with E-state index in [1.54, 1.807) is 24.5 Å². The maximum atomic E-state index is 10.6. The van der Waals surface area contributed by atoms with E-state index >= 15 is 0 Å². The minimum Gasteiger partial charge on any atom is -0.497 e. The van der Waals surface area contributed by atoms with Gasteiger partial charge in [-0.1, -0.05) is 30.4 Å². The average Bonchev–Trinajstić information content (AvgIpc) is 2.97. The summed E-state index contributed by atoms with van der Waals surface area (Å²) in [6.07, 6.45) is 4.47. The number of methoxy groups -OCH3 is 1. The molecule has 102 valence electrons. The molecule has 1 N–H and O–H groups in total. The van der Waals surface area contributed by atoms with Crippen LogP contribution in [0.4, 0.5) is 0 Å². The molecule has 1 heterocycles. The van der Waals surface area contributed by atoms with Gasteiger partial charge in [0.25, 0.3) is 0 Å². The third-order valence-electron chi connectivity index (χ3n) is 2.69. The summed E-state index contributed by atoms with van der Waals surface area (Å²) in [6, 6.07) is 11.7. The molecule has 3 nitrogen and oxygen atoms in total. The summed E-state index contributed by atoms with van der Waals surface area (Å²) >= 11 is 1.61. The number of allylic oxidation sites excluding steroid dienone is 2. The number of aliphatic carboxylic acids is 1. The van der Waals surface area contributed by atoms with Gasteiger partial charge >= 0.3 is 5.97 Å². The van der Waals surface area contributed by atoms with Crippen LogP contribution in [0, 0.1) is 0 Å². The molecule has 0 atom stereocenters. The summed E-state index contributed by atoms with van der Waals surface area (Å²) in [5.74, 6) is -0.165. The number of thiophene rings is 1. The molecule has 0 fully saturated rings. The van der Waals surface area contributed by atoms with Crippen LogP contribution in [0.25, 0.3) is 5.57 Å². The first-order chi connectivity index (χ1) is 9.70. The first-order valence-corrected chi connectivity index (χ1v) is 6.88. The zero-order valence-corrected chi connectivity index (χ0v) is 11.8. The van der Waals surface area contributed by atoms with Crippen molar-refractivity contribution in [1.29, 1.82) is 0 Å². The lowest BCUT2D eigenvalue weighted by Crippen LogP contribution is -1.88. The smallest absolute Gasteiger partial charge is 0.328 e. The number of carboxylic acid groups (broad SMARTS) is 1. The lowest BCUT2D eigenvalue weighted by Gasteiger charge is -2.06. The van der Waals surface area contributed by atoms with Crippen LogP contribution < -0.4 is 4.74 Å². The molecule has 0 bridgehead atoms. The zero-order valence-electron chi connectivity index (χ0n) is 10.9. The van der Waals surface area contributed by atoms with E-state index in [9.17, 15) is 4.79 Å². The number of ether oxygens (including phenoxy) is 1. The van der Waals surface area contributed by atoms with Crippen LogP contribution in [-0.2, 0) is 4.79 Å². The summed E-state index contributed by atoms with van der Waals surface area (Å²) in [5, 5.41) is 10.7. The second-order valence-electron chi connectivity index (χ2n) is 3.98. The fourth-order valence-corrected chi connectivity index (χ4v) is 2.52. The predicted octanol–water partition coefficient (Wildman–Crippen LogP) is 3.83. The molecule has 0 amide bonds. The second kappa shape index (κ2) is 6.73. The van der Waals surface area contributed by atoms with Crippen LogP contribution >= 0.6 is 11.3 Å². The van der Waals surface area contributed by atoms with Crippen LogP contribution in [0.15, 0.2) is 60.0 Å². The van der Waals surface area contributed by atoms with Crippen LogP contribution in [-0.4, -0.2) is 18.2 Å². The Bertz CT molecular complexity index is 622. The van der Waals surface area contributed by atoms with Gasteiger partial charge in [-0.3, -0.25) is 0 Å². The zero-order chi connectivity index (χ0) is 14.4. The molecule has 0 unspecified atom stereocenters. The number of carboxylic acids is 1. The van der Waals surface area contributed by atoms with Gasteiger partial charge in [-0.25, -0.2) is 4.79 Å². The van der Waals surface area contributed by atoms with E-state index < -0.39 is 5.97 Å². The van der Waals surface area contributed by atoms with Crippen molar-refractivity contribution >= 4 is 22.9 Å². The quantitative estimate of drug-likeness (QED) is 0.671.